The number of carbonyl (C=O) groups is 1. The van der Waals surface area contributed by atoms with Crippen LogP contribution in [0.1, 0.15) is 35.2 Å². The van der Waals surface area contributed by atoms with Crippen LogP contribution in [0.3, 0.4) is 0 Å². The van der Waals surface area contributed by atoms with Crippen molar-refractivity contribution in [3.63, 3.8) is 0 Å². The average molecular weight is 273 g/mol. The molecular formula is C14H15N3O3. The summed E-state index contributed by atoms with van der Waals surface area (Å²) in [5.41, 5.74) is 0.350. The highest BCUT2D eigenvalue weighted by atomic mass is 16.6. The van der Waals surface area contributed by atoms with Crippen molar-refractivity contribution in [2.45, 2.75) is 32.2 Å². The molecule has 104 valence electrons. The van der Waals surface area contributed by atoms with E-state index >= 15 is 0 Å². The molecule has 0 radical (unpaired) electrons. The van der Waals surface area contributed by atoms with Crippen LogP contribution in [0, 0.1) is 28.4 Å². The lowest BCUT2D eigenvalue weighted by Crippen LogP contribution is -2.43. The molecule has 0 aromatic heterocycles. The van der Waals surface area contributed by atoms with E-state index in [1.165, 1.54) is 11.0 Å². The summed E-state index contributed by atoms with van der Waals surface area (Å²) >= 11 is 0. The van der Waals surface area contributed by atoms with Crippen LogP contribution in [0.5, 0.6) is 0 Å². The first-order chi connectivity index (χ1) is 9.56. The second-order valence-corrected chi connectivity index (χ2v) is 4.87. The van der Waals surface area contributed by atoms with Crippen molar-refractivity contribution in [1.82, 2.24) is 4.90 Å². The van der Waals surface area contributed by atoms with Crippen LogP contribution < -0.4 is 0 Å². The number of likely N-dealkylation sites (tertiary alicyclic amines) is 1. The minimum atomic E-state index is -0.534. The van der Waals surface area contributed by atoms with Crippen LogP contribution in [0.25, 0.3) is 0 Å². The van der Waals surface area contributed by atoms with Gasteiger partial charge >= 0.3 is 0 Å². The van der Waals surface area contributed by atoms with E-state index in [2.05, 4.69) is 6.07 Å². The summed E-state index contributed by atoms with van der Waals surface area (Å²) in [6.07, 6.45) is 2.35. The van der Waals surface area contributed by atoms with Crippen molar-refractivity contribution in [2.75, 3.05) is 6.54 Å². The van der Waals surface area contributed by atoms with Gasteiger partial charge < -0.3 is 4.90 Å². The van der Waals surface area contributed by atoms with Gasteiger partial charge in [0, 0.05) is 12.1 Å². The molecule has 1 amide bonds. The van der Waals surface area contributed by atoms with Gasteiger partial charge in [-0.2, -0.15) is 5.26 Å². The van der Waals surface area contributed by atoms with Gasteiger partial charge in [0.05, 0.1) is 11.0 Å². The number of aryl methyl sites for hydroxylation is 1. The van der Waals surface area contributed by atoms with Crippen molar-refractivity contribution in [2.24, 2.45) is 0 Å². The molecule has 1 saturated heterocycles. The van der Waals surface area contributed by atoms with Crippen LogP contribution in [0.15, 0.2) is 18.2 Å². The molecule has 1 fully saturated rings. The minimum Gasteiger partial charge on any atom is -0.322 e. The molecule has 1 unspecified atom stereocenters. The number of hydrogen-bond donors (Lipinski definition) is 0. The first-order valence-corrected chi connectivity index (χ1v) is 6.51. The second-order valence-electron chi connectivity index (χ2n) is 4.87. The lowest BCUT2D eigenvalue weighted by molar-refractivity contribution is -0.385. The zero-order valence-electron chi connectivity index (χ0n) is 11.2. The third-order valence-electron chi connectivity index (χ3n) is 3.56. The number of amides is 1. The molecule has 2 rings (SSSR count). The van der Waals surface area contributed by atoms with Gasteiger partial charge in [-0.3, -0.25) is 14.9 Å². The number of nitriles is 1. The van der Waals surface area contributed by atoms with E-state index in [0.717, 1.165) is 12.8 Å². The fourth-order valence-electron chi connectivity index (χ4n) is 2.54. The number of nitro benzene ring substituents is 1. The number of carbonyl (C=O) groups excluding carboxylic acids is 1. The Morgan fingerprint density at radius 2 is 2.25 bits per heavy atom. The molecule has 1 aliphatic heterocycles. The maximum absolute atomic E-state index is 12.5. The largest absolute Gasteiger partial charge is 0.322 e. The summed E-state index contributed by atoms with van der Waals surface area (Å²) in [6.45, 7) is 2.08. The average Bonchev–Trinajstić information content (AvgIpc) is 2.45. The van der Waals surface area contributed by atoms with Gasteiger partial charge in [0.2, 0.25) is 0 Å². The third kappa shape index (κ3) is 2.48. The molecule has 0 spiro atoms. The number of rotatable bonds is 2. The normalized spacial score (nSPS) is 18.4. The number of hydrogen-bond acceptors (Lipinski definition) is 4. The highest BCUT2D eigenvalue weighted by Gasteiger charge is 2.31. The predicted octanol–water partition coefficient (Wildman–Crippen LogP) is 2.42. The maximum atomic E-state index is 12.5. The third-order valence-corrected chi connectivity index (χ3v) is 3.56. The standard InChI is InChI=1S/C14H15N3O3/c1-10-5-4-7-12(13(10)17(19)20)14(18)16-8-3-2-6-11(16)9-15/h4-5,7,11H,2-3,6,8H2,1H3. The molecule has 1 atom stereocenters. The van der Waals surface area contributed by atoms with Crippen LogP contribution in [0.2, 0.25) is 0 Å². The summed E-state index contributed by atoms with van der Waals surface area (Å²) < 4.78 is 0. The van der Waals surface area contributed by atoms with Gasteiger partial charge in [-0.15, -0.1) is 0 Å². The van der Waals surface area contributed by atoms with E-state index in [1.807, 2.05) is 0 Å². The van der Waals surface area contributed by atoms with E-state index in [9.17, 15) is 14.9 Å². The van der Waals surface area contributed by atoms with Crippen LogP contribution >= 0.6 is 0 Å². The Bertz CT molecular complexity index is 592. The molecule has 0 aliphatic carbocycles. The molecule has 1 aliphatic rings. The molecule has 1 aromatic carbocycles. The lowest BCUT2D eigenvalue weighted by atomic mass is 10.0. The number of piperidine rings is 1. The molecule has 0 N–H and O–H groups in total. The van der Waals surface area contributed by atoms with Crippen molar-refractivity contribution in [1.29, 1.82) is 5.26 Å². The van der Waals surface area contributed by atoms with Gasteiger partial charge in [-0.1, -0.05) is 12.1 Å². The topological polar surface area (TPSA) is 87.2 Å². The zero-order valence-corrected chi connectivity index (χ0v) is 11.2. The molecule has 0 bridgehead atoms. The first kappa shape index (κ1) is 14.0. The Hall–Kier alpha value is -2.42. The second kappa shape index (κ2) is 5.70. The van der Waals surface area contributed by atoms with Gasteiger partial charge in [-0.25, -0.2) is 0 Å². The Labute approximate surface area is 116 Å². The first-order valence-electron chi connectivity index (χ1n) is 6.51. The summed E-state index contributed by atoms with van der Waals surface area (Å²) in [7, 11) is 0. The van der Waals surface area contributed by atoms with E-state index in [0.29, 0.717) is 18.5 Å². The smallest absolute Gasteiger partial charge is 0.285 e. The van der Waals surface area contributed by atoms with Crippen LogP contribution in [-0.4, -0.2) is 28.3 Å². The van der Waals surface area contributed by atoms with Crippen LogP contribution in [-0.2, 0) is 0 Å². The predicted molar refractivity (Wildman–Crippen MR) is 72.1 cm³/mol. The fraction of sp³-hybridized carbons (Fsp3) is 0.429. The van der Waals surface area contributed by atoms with Crippen molar-refractivity contribution in [3.05, 3.63) is 39.4 Å². The summed E-state index contributed by atoms with van der Waals surface area (Å²) in [5.74, 6) is -0.424. The molecular weight excluding hydrogens is 258 g/mol. The summed E-state index contributed by atoms with van der Waals surface area (Å²) in [6, 6.07) is 6.30. The van der Waals surface area contributed by atoms with Crippen molar-refractivity contribution in [3.8, 4) is 6.07 Å². The lowest BCUT2D eigenvalue weighted by Gasteiger charge is -2.31. The Morgan fingerprint density at radius 1 is 1.50 bits per heavy atom. The van der Waals surface area contributed by atoms with Crippen LogP contribution in [0.4, 0.5) is 5.69 Å². The molecule has 0 saturated carbocycles. The highest BCUT2D eigenvalue weighted by molar-refractivity contribution is 5.99. The Morgan fingerprint density at radius 3 is 2.90 bits per heavy atom. The van der Waals surface area contributed by atoms with Crippen molar-refractivity contribution >= 4 is 11.6 Å². The zero-order chi connectivity index (χ0) is 14.7. The monoisotopic (exact) mass is 273 g/mol. The van der Waals surface area contributed by atoms with Gasteiger partial charge in [0.1, 0.15) is 11.6 Å². The molecule has 6 heteroatoms. The van der Waals surface area contributed by atoms with Gasteiger partial charge in [0.15, 0.2) is 0 Å². The SMILES string of the molecule is Cc1cccc(C(=O)N2CCCCC2C#N)c1[N+](=O)[O-]. The van der Waals surface area contributed by atoms with Gasteiger partial charge in [0.25, 0.3) is 11.6 Å². The quantitative estimate of drug-likeness (QED) is 0.611. The van der Waals surface area contributed by atoms with Gasteiger partial charge in [-0.05, 0) is 32.3 Å². The van der Waals surface area contributed by atoms with E-state index < -0.39 is 16.9 Å². The summed E-state index contributed by atoms with van der Waals surface area (Å²) in [4.78, 5) is 24.6. The van der Waals surface area contributed by atoms with Crippen molar-refractivity contribution < 1.29 is 9.72 Å². The molecule has 1 aromatic rings. The minimum absolute atomic E-state index is 0.0668. The maximum Gasteiger partial charge on any atom is 0.285 e. The van der Waals surface area contributed by atoms with E-state index in [-0.39, 0.29) is 11.3 Å². The number of nitro groups is 1. The molecule has 20 heavy (non-hydrogen) atoms. The Kier molecular flexibility index (Phi) is 3.99. The fourth-order valence-corrected chi connectivity index (χ4v) is 2.54. The summed E-state index contributed by atoms with van der Waals surface area (Å²) in [5, 5.41) is 20.3. The van der Waals surface area contributed by atoms with E-state index in [4.69, 9.17) is 5.26 Å². The number of benzene rings is 1. The number of nitrogens with zero attached hydrogens (tertiary/aromatic N) is 3. The molecule has 6 nitrogen and oxygen atoms in total. The Balaban J connectivity index is 2.41. The van der Waals surface area contributed by atoms with E-state index in [1.54, 1.807) is 19.1 Å². The highest BCUT2D eigenvalue weighted by Crippen LogP contribution is 2.27. The molecule has 1 heterocycles. The number of para-hydroxylation sites is 1.